The lowest BCUT2D eigenvalue weighted by Gasteiger charge is -2.31. The van der Waals surface area contributed by atoms with E-state index in [1.165, 1.54) is 0 Å². The molecular formula is C17H22F3N3O4S. The highest BCUT2D eigenvalue weighted by Gasteiger charge is 2.46. The fraction of sp³-hybridized carbons (Fsp3) is 0.529. The normalized spacial score (nSPS) is 18.6. The highest BCUT2D eigenvalue weighted by Crippen LogP contribution is 2.30. The minimum atomic E-state index is -5.43. The molecule has 2 rings (SSSR count). The van der Waals surface area contributed by atoms with E-state index in [0.29, 0.717) is 26.1 Å². The lowest BCUT2D eigenvalue weighted by Crippen LogP contribution is -2.42. The molecule has 0 bridgehead atoms. The predicted molar refractivity (Wildman–Crippen MR) is 95.0 cm³/mol. The molecule has 1 saturated heterocycles. The van der Waals surface area contributed by atoms with Crippen LogP contribution in [-0.4, -0.2) is 56.8 Å². The van der Waals surface area contributed by atoms with Crippen LogP contribution in [0.3, 0.4) is 0 Å². The van der Waals surface area contributed by atoms with Crippen LogP contribution >= 0.6 is 0 Å². The van der Waals surface area contributed by atoms with E-state index in [2.05, 4.69) is 10.2 Å². The van der Waals surface area contributed by atoms with Crippen LogP contribution in [0.25, 0.3) is 0 Å². The molecule has 1 aromatic rings. The molecule has 1 unspecified atom stereocenters. The molecule has 0 aromatic heterocycles. The van der Waals surface area contributed by atoms with E-state index in [9.17, 15) is 31.2 Å². The number of sulfone groups is 1. The van der Waals surface area contributed by atoms with Crippen molar-refractivity contribution in [1.29, 1.82) is 0 Å². The van der Waals surface area contributed by atoms with Crippen LogP contribution in [0.1, 0.15) is 29.6 Å². The number of rotatable bonds is 7. The van der Waals surface area contributed by atoms with Crippen LogP contribution in [0, 0.1) is 5.92 Å². The van der Waals surface area contributed by atoms with Crippen molar-refractivity contribution in [1.82, 2.24) is 10.2 Å². The van der Waals surface area contributed by atoms with E-state index in [1.807, 2.05) is 0 Å². The number of carbonyl (C=O) groups is 2. The lowest BCUT2D eigenvalue weighted by atomic mass is 9.97. The van der Waals surface area contributed by atoms with Gasteiger partial charge < -0.3 is 16.0 Å². The number of hydrogen-bond acceptors (Lipinski definition) is 5. The minimum absolute atomic E-state index is 0.0629. The second-order valence-corrected chi connectivity index (χ2v) is 8.57. The van der Waals surface area contributed by atoms with Crippen molar-refractivity contribution in [3.05, 3.63) is 29.8 Å². The molecule has 1 atom stereocenters. The molecule has 11 heteroatoms. The smallest absolute Gasteiger partial charge is 0.369 e. The van der Waals surface area contributed by atoms with Crippen LogP contribution in [0.4, 0.5) is 13.2 Å². The third-order valence-electron chi connectivity index (χ3n) is 4.58. The predicted octanol–water partition coefficient (Wildman–Crippen LogP) is 1.30. The maximum absolute atomic E-state index is 12.5. The van der Waals surface area contributed by atoms with Gasteiger partial charge in [0.05, 0.1) is 10.8 Å². The summed E-state index contributed by atoms with van der Waals surface area (Å²) in [5.74, 6) is -0.978. The molecule has 1 aromatic carbocycles. The SMILES string of the molecule is NC(=O)C1CCCN(CCCNC(=O)c2ccc(S(=O)(=O)C(F)(F)F)cc2)C1. The van der Waals surface area contributed by atoms with Gasteiger partial charge in [-0.2, -0.15) is 13.2 Å². The fourth-order valence-corrected chi connectivity index (χ4v) is 3.78. The molecule has 1 aliphatic heterocycles. The number of amides is 2. The summed E-state index contributed by atoms with van der Waals surface area (Å²) in [5, 5.41) is 2.63. The summed E-state index contributed by atoms with van der Waals surface area (Å²) in [6.45, 7) is 2.46. The average Bonchev–Trinajstić information content (AvgIpc) is 2.64. The number of likely N-dealkylation sites (tertiary alicyclic amines) is 1. The summed E-state index contributed by atoms with van der Waals surface area (Å²) < 4.78 is 60.1. The number of hydrogen-bond donors (Lipinski definition) is 2. The van der Waals surface area contributed by atoms with E-state index < -0.39 is 26.1 Å². The number of benzene rings is 1. The fourth-order valence-electron chi connectivity index (χ4n) is 3.02. The first-order chi connectivity index (χ1) is 13.0. The van der Waals surface area contributed by atoms with Gasteiger partial charge in [-0.3, -0.25) is 9.59 Å². The van der Waals surface area contributed by atoms with Crippen molar-refractivity contribution >= 4 is 21.7 Å². The number of nitrogens with one attached hydrogen (secondary N) is 1. The Morgan fingerprint density at radius 3 is 2.43 bits per heavy atom. The maximum Gasteiger partial charge on any atom is 0.501 e. The van der Waals surface area contributed by atoms with Crippen LogP contribution in [0.2, 0.25) is 0 Å². The zero-order chi connectivity index (χ0) is 20.9. The number of halogens is 3. The average molecular weight is 421 g/mol. The highest BCUT2D eigenvalue weighted by atomic mass is 32.2. The van der Waals surface area contributed by atoms with Crippen molar-refractivity contribution in [2.24, 2.45) is 11.7 Å². The van der Waals surface area contributed by atoms with Gasteiger partial charge >= 0.3 is 5.51 Å². The first kappa shape index (κ1) is 22.2. The third kappa shape index (κ3) is 5.44. The van der Waals surface area contributed by atoms with Crippen molar-refractivity contribution in [3.8, 4) is 0 Å². The number of piperidine rings is 1. The van der Waals surface area contributed by atoms with Gasteiger partial charge in [-0.15, -0.1) is 0 Å². The summed E-state index contributed by atoms with van der Waals surface area (Å²) >= 11 is 0. The maximum atomic E-state index is 12.5. The molecular weight excluding hydrogens is 399 g/mol. The van der Waals surface area contributed by atoms with E-state index in [1.54, 1.807) is 0 Å². The zero-order valence-corrected chi connectivity index (χ0v) is 15.9. The molecule has 2 amide bonds. The second-order valence-electron chi connectivity index (χ2n) is 6.63. The van der Waals surface area contributed by atoms with Gasteiger partial charge in [0.25, 0.3) is 15.7 Å². The number of alkyl halides is 3. The molecule has 156 valence electrons. The minimum Gasteiger partial charge on any atom is -0.369 e. The van der Waals surface area contributed by atoms with Crippen molar-refractivity contribution in [2.75, 3.05) is 26.2 Å². The van der Waals surface area contributed by atoms with Gasteiger partial charge in [-0.1, -0.05) is 0 Å². The monoisotopic (exact) mass is 421 g/mol. The largest absolute Gasteiger partial charge is 0.501 e. The summed E-state index contributed by atoms with van der Waals surface area (Å²) in [6.07, 6.45) is 2.29. The quantitative estimate of drug-likeness (QED) is 0.645. The Bertz CT molecular complexity index is 810. The molecule has 7 nitrogen and oxygen atoms in total. The second kappa shape index (κ2) is 8.91. The Hall–Kier alpha value is -2.14. The topological polar surface area (TPSA) is 110 Å². The highest BCUT2D eigenvalue weighted by molar-refractivity contribution is 7.92. The molecule has 1 aliphatic rings. The first-order valence-electron chi connectivity index (χ1n) is 8.73. The molecule has 28 heavy (non-hydrogen) atoms. The third-order valence-corrected chi connectivity index (χ3v) is 6.08. The zero-order valence-electron chi connectivity index (χ0n) is 15.0. The number of carbonyl (C=O) groups excluding carboxylic acids is 2. The van der Waals surface area contributed by atoms with Gasteiger partial charge in [0.15, 0.2) is 0 Å². The number of primary amides is 1. The molecule has 0 radical (unpaired) electrons. The molecule has 0 spiro atoms. The van der Waals surface area contributed by atoms with Crippen molar-refractivity contribution in [3.63, 3.8) is 0 Å². The number of nitrogens with two attached hydrogens (primary N) is 1. The first-order valence-corrected chi connectivity index (χ1v) is 10.2. The Balaban J connectivity index is 1.81. The molecule has 1 fully saturated rings. The van der Waals surface area contributed by atoms with E-state index in [0.717, 1.165) is 43.7 Å². The van der Waals surface area contributed by atoms with Crippen molar-refractivity contribution in [2.45, 2.75) is 29.7 Å². The Labute approximate surface area is 161 Å². The van der Waals surface area contributed by atoms with Crippen LogP contribution in [0.5, 0.6) is 0 Å². The van der Waals surface area contributed by atoms with Gasteiger partial charge in [0.1, 0.15) is 0 Å². The Kier molecular flexibility index (Phi) is 7.05. The van der Waals surface area contributed by atoms with Crippen molar-refractivity contribution < 1.29 is 31.2 Å². The summed E-state index contributed by atoms with van der Waals surface area (Å²) in [5.41, 5.74) is -0.000321. The molecule has 1 heterocycles. The van der Waals surface area contributed by atoms with E-state index in [-0.39, 0.29) is 17.4 Å². The van der Waals surface area contributed by atoms with Crippen LogP contribution < -0.4 is 11.1 Å². The number of nitrogens with zero attached hydrogens (tertiary/aromatic N) is 1. The Morgan fingerprint density at radius 2 is 1.86 bits per heavy atom. The van der Waals surface area contributed by atoms with E-state index >= 15 is 0 Å². The molecule has 0 saturated carbocycles. The van der Waals surface area contributed by atoms with E-state index in [4.69, 9.17) is 5.73 Å². The van der Waals surface area contributed by atoms with Gasteiger partial charge in [-0.05, 0) is 56.6 Å². The molecule has 0 aliphatic carbocycles. The standard InChI is InChI=1S/C17H22F3N3O4S/c18-17(19,20)28(26,27)14-6-4-12(5-7-14)16(25)22-8-2-10-23-9-1-3-13(11-23)15(21)24/h4-7,13H,1-3,8-11H2,(H2,21,24)(H,22,25). The summed E-state index contributed by atoms with van der Waals surface area (Å²) in [6, 6.07) is 3.59. The van der Waals surface area contributed by atoms with Gasteiger partial charge in [-0.25, -0.2) is 8.42 Å². The molecule has 3 N–H and O–H groups in total. The summed E-state index contributed by atoms with van der Waals surface area (Å²) in [7, 11) is -5.43. The Morgan fingerprint density at radius 1 is 1.21 bits per heavy atom. The van der Waals surface area contributed by atoms with Crippen LogP contribution in [0.15, 0.2) is 29.2 Å². The van der Waals surface area contributed by atoms with Gasteiger partial charge in [0, 0.05) is 18.7 Å². The lowest BCUT2D eigenvalue weighted by molar-refractivity contribution is -0.123. The van der Waals surface area contributed by atoms with Crippen LogP contribution in [-0.2, 0) is 14.6 Å². The summed E-state index contributed by atoms with van der Waals surface area (Å²) in [4.78, 5) is 24.5. The van der Waals surface area contributed by atoms with Gasteiger partial charge in [0.2, 0.25) is 5.91 Å².